The highest BCUT2D eigenvalue weighted by Gasteiger charge is 2.11. The summed E-state index contributed by atoms with van der Waals surface area (Å²) < 4.78 is 5.80. The third kappa shape index (κ3) is 23.9. The SMILES string of the molecule is CCCCCCCCCCC(CCCCC(=O)OCc1cc(CCCCCC)cc(CCCCCC)c1)NCCCN(C)C. The molecule has 1 rings (SSSR count). The van der Waals surface area contributed by atoms with E-state index in [9.17, 15) is 4.79 Å². The Morgan fingerprint density at radius 2 is 1.11 bits per heavy atom. The number of aryl methyl sites for hydroxylation is 2. The number of nitrogens with zero attached hydrogens (tertiary/aromatic N) is 1. The first-order valence-electron chi connectivity index (χ1n) is 19.1. The van der Waals surface area contributed by atoms with Crippen LogP contribution in [0.4, 0.5) is 0 Å². The zero-order valence-corrected chi connectivity index (χ0v) is 30.2. The van der Waals surface area contributed by atoms with E-state index in [4.69, 9.17) is 4.74 Å². The molecule has 1 unspecified atom stereocenters. The van der Waals surface area contributed by atoms with Gasteiger partial charge in [0.1, 0.15) is 6.61 Å². The molecule has 0 saturated carbocycles. The molecule has 0 fully saturated rings. The van der Waals surface area contributed by atoms with Gasteiger partial charge in [0, 0.05) is 12.5 Å². The van der Waals surface area contributed by atoms with Crippen LogP contribution < -0.4 is 5.32 Å². The smallest absolute Gasteiger partial charge is 0.306 e. The first-order valence-corrected chi connectivity index (χ1v) is 19.1. The van der Waals surface area contributed by atoms with Crippen LogP contribution in [0.2, 0.25) is 0 Å². The quantitative estimate of drug-likeness (QED) is 0.0667. The standard InChI is InChI=1S/C40H74N2O2/c1-6-9-12-15-16-17-18-21-27-39(41-30-24-31-42(4)5)28-22-23-29-40(43)44-35-38-33-36(25-19-13-10-7-2)32-37(34-38)26-20-14-11-8-3/h32-34,39,41H,6-31,35H2,1-5H3. The molecule has 4 nitrogen and oxygen atoms in total. The lowest BCUT2D eigenvalue weighted by Gasteiger charge is -2.19. The number of ether oxygens (including phenoxy) is 1. The van der Waals surface area contributed by atoms with Gasteiger partial charge in [-0.2, -0.15) is 0 Å². The van der Waals surface area contributed by atoms with Crippen molar-refractivity contribution in [3.8, 4) is 0 Å². The van der Waals surface area contributed by atoms with E-state index in [2.05, 4.69) is 63.3 Å². The van der Waals surface area contributed by atoms with Crippen molar-refractivity contribution in [1.82, 2.24) is 10.2 Å². The molecular formula is C40H74N2O2. The Hall–Kier alpha value is -1.39. The van der Waals surface area contributed by atoms with Crippen LogP contribution in [0, 0.1) is 0 Å². The molecular weight excluding hydrogens is 540 g/mol. The van der Waals surface area contributed by atoms with Crippen molar-refractivity contribution in [1.29, 1.82) is 0 Å². The second-order valence-corrected chi connectivity index (χ2v) is 13.8. The topological polar surface area (TPSA) is 41.6 Å². The average Bonchev–Trinajstić information content (AvgIpc) is 3.01. The molecule has 0 heterocycles. The van der Waals surface area contributed by atoms with Crippen LogP contribution in [0.25, 0.3) is 0 Å². The van der Waals surface area contributed by atoms with Crippen molar-refractivity contribution < 1.29 is 9.53 Å². The zero-order chi connectivity index (χ0) is 32.1. The van der Waals surface area contributed by atoms with Crippen LogP contribution in [0.15, 0.2) is 18.2 Å². The van der Waals surface area contributed by atoms with Gasteiger partial charge in [-0.15, -0.1) is 0 Å². The molecule has 0 aliphatic rings. The molecule has 4 heteroatoms. The number of nitrogens with one attached hydrogen (secondary N) is 1. The normalized spacial score (nSPS) is 12.2. The molecule has 0 spiro atoms. The van der Waals surface area contributed by atoms with E-state index in [1.54, 1.807) is 0 Å². The van der Waals surface area contributed by atoms with Crippen LogP contribution in [-0.2, 0) is 29.0 Å². The Morgan fingerprint density at radius 3 is 1.66 bits per heavy atom. The molecule has 0 aromatic heterocycles. The van der Waals surface area contributed by atoms with Gasteiger partial charge in [0.05, 0.1) is 0 Å². The number of hydrogen-bond donors (Lipinski definition) is 1. The summed E-state index contributed by atoms with van der Waals surface area (Å²) in [5.74, 6) is -0.0404. The molecule has 0 amide bonds. The predicted molar refractivity (Wildman–Crippen MR) is 193 cm³/mol. The second kappa shape index (κ2) is 29.0. The zero-order valence-electron chi connectivity index (χ0n) is 30.2. The Kier molecular flexibility index (Phi) is 26.8. The molecule has 0 bridgehead atoms. The number of unbranched alkanes of at least 4 members (excludes halogenated alkanes) is 14. The van der Waals surface area contributed by atoms with E-state index >= 15 is 0 Å². The number of carbonyl (C=O) groups excluding carboxylic acids is 1. The maximum Gasteiger partial charge on any atom is 0.306 e. The van der Waals surface area contributed by atoms with Crippen molar-refractivity contribution >= 4 is 5.97 Å². The number of esters is 1. The molecule has 1 aromatic rings. The maximum absolute atomic E-state index is 12.7. The van der Waals surface area contributed by atoms with Gasteiger partial charge in [0.2, 0.25) is 0 Å². The highest BCUT2D eigenvalue weighted by molar-refractivity contribution is 5.69. The average molecular weight is 615 g/mol. The third-order valence-corrected chi connectivity index (χ3v) is 8.95. The summed E-state index contributed by atoms with van der Waals surface area (Å²) in [7, 11) is 4.30. The molecule has 0 aliphatic heterocycles. The van der Waals surface area contributed by atoms with Gasteiger partial charge in [-0.3, -0.25) is 4.79 Å². The minimum Gasteiger partial charge on any atom is -0.461 e. The summed E-state index contributed by atoms with van der Waals surface area (Å²) in [5, 5.41) is 3.84. The van der Waals surface area contributed by atoms with E-state index in [0.29, 0.717) is 19.1 Å². The molecule has 1 aromatic carbocycles. The van der Waals surface area contributed by atoms with Crippen molar-refractivity contribution in [2.75, 3.05) is 27.2 Å². The lowest BCUT2D eigenvalue weighted by Crippen LogP contribution is -2.31. The van der Waals surface area contributed by atoms with Gasteiger partial charge in [-0.05, 0) is 95.2 Å². The van der Waals surface area contributed by atoms with Crippen LogP contribution in [0.1, 0.15) is 179 Å². The molecule has 44 heavy (non-hydrogen) atoms. The molecule has 256 valence electrons. The molecule has 0 aliphatic carbocycles. The number of rotatable bonds is 31. The minimum absolute atomic E-state index is 0.0404. The van der Waals surface area contributed by atoms with Crippen LogP contribution in [0.3, 0.4) is 0 Å². The first-order chi connectivity index (χ1) is 21.5. The van der Waals surface area contributed by atoms with E-state index in [-0.39, 0.29) is 5.97 Å². The number of hydrogen-bond acceptors (Lipinski definition) is 4. The minimum atomic E-state index is -0.0404. The summed E-state index contributed by atoms with van der Waals surface area (Å²) in [6.45, 7) is 9.45. The van der Waals surface area contributed by atoms with Crippen molar-refractivity contribution in [3.63, 3.8) is 0 Å². The first kappa shape index (κ1) is 40.6. The summed E-state index contributed by atoms with van der Waals surface area (Å²) in [4.78, 5) is 15.0. The summed E-state index contributed by atoms with van der Waals surface area (Å²) in [6, 6.07) is 7.55. The Labute approximate surface area is 274 Å². The Bertz CT molecular complexity index is 763. The van der Waals surface area contributed by atoms with Crippen LogP contribution >= 0.6 is 0 Å². The van der Waals surface area contributed by atoms with Gasteiger partial charge in [-0.1, -0.05) is 135 Å². The third-order valence-electron chi connectivity index (χ3n) is 8.95. The lowest BCUT2D eigenvalue weighted by molar-refractivity contribution is -0.145. The lowest BCUT2D eigenvalue weighted by atomic mass is 9.98. The fraction of sp³-hybridized carbons (Fsp3) is 0.825. The van der Waals surface area contributed by atoms with E-state index < -0.39 is 0 Å². The van der Waals surface area contributed by atoms with Gasteiger partial charge in [0.15, 0.2) is 0 Å². The maximum atomic E-state index is 12.7. The van der Waals surface area contributed by atoms with E-state index in [1.165, 1.54) is 132 Å². The van der Waals surface area contributed by atoms with Gasteiger partial charge in [-0.25, -0.2) is 0 Å². The molecule has 1 N–H and O–H groups in total. The van der Waals surface area contributed by atoms with Crippen molar-refractivity contribution in [2.24, 2.45) is 0 Å². The number of carbonyl (C=O) groups is 1. The number of benzene rings is 1. The van der Waals surface area contributed by atoms with Gasteiger partial charge >= 0.3 is 5.97 Å². The monoisotopic (exact) mass is 615 g/mol. The van der Waals surface area contributed by atoms with Gasteiger partial charge < -0.3 is 15.0 Å². The fourth-order valence-corrected chi connectivity index (χ4v) is 6.19. The predicted octanol–water partition coefficient (Wildman–Crippen LogP) is 11.0. The van der Waals surface area contributed by atoms with Crippen LogP contribution in [0.5, 0.6) is 0 Å². The Morgan fingerprint density at radius 1 is 0.636 bits per heavy atom. The summed E-state index contributed by atoms with van der Waals surface area (Å²) >= 11 is 0. The van der Waals surface area contributed by atoms with Crippen molar-refractivity contribution in [2.45, 2.75) is 188 Å². The van der Waals surface area contributed by atoms with E-state index in [1.807, 2.05) is 0 Å². The molecule has 0 radical (unpaired) electrons. The highest BCUT2D eigenvalue weighted by Crippen LogP contribution is 2.19. The highest BCUT2D eigenvalue weighted by atomic mass is 16.5. The van der Waals surface area contributed by atoms with Crippen LogP contribution in [-0.4, -0.2) is 44.1 Å². The van der Waals surface area contributed by atoms with Crippen molar-refractivity contribution in [3.05, 3.63) is 34.9 Å². The summed E-state index contributed by atoms with van der Waals surface area (Å²) in [6.07, 6.45) is 29.6. The fourth-order valence-electron chi connectivity index (χ4n) is 6.19. The van der Waals surface area contributed by atoms with Gasteiger partial charge in [0.25, 0.3) is 0 Å². The molecule has 1 atom stereocenters. The largest absolute Gasteiger partial charge is 0.461 e. The molecule has 0 saturated heterocycles. The second-order valence-electron chi connectivity index (χ2n) is 13.8. The Balaban J connectivity index is 2.46. The summed E-state index contributed by atoms with van der Waals surface area (Å²) in [5.41, 5.74) is 4.01. The van der Waals surface area contributed by atoms with E-state index in [0.717, 1.165) is 45.2 Å².